The van der Waals surface area contributed by atoms with E-state index in [1.54, 1.807) is 17.7 Å². The highest BCUT2D eigenvalue weighted by Crippen LogP contribution is 2.39. The van der Waals surface area contributed by atoms with Gasteiger partial charge in [0.2, 0.25) is 5.69 Å². The van der Waals surface area contributed by atoms with Gasteiger partial charge in [-0.25, -0.2) is 4.57 Å². The van der Waals surface area contributed by atoms with Crippen molar-refractivity contribution in [2.45, 2.75) is 41.0 Å². The second-order valence-corrected chi connectivity index (χ2v) is 8.67. The third kappa shape index (κ3) is 3.29. The molecule has 2 heterocycles. The summed E-state index contributed by atoms with van der Waals surface area (Å²) < 4.78 is 34.0. The van der Waals surface area contributed by atoms with Gasteiger partial charge in [0.1, 0.15) is 25.7 Å². The summed E-state index contributed by atoms with van der Waals surface area (Å²) in [5.41, 5.74) is 5.06. The number of rotatable bonds is 2. The normalized spacial score (nSPS) is 13.9. The van der Waals surface area contributed by atoms with Crippen molar-refractivity contribution < 1.29 is 13.1 Å². The summed E-state index contributed by atoms with van der Waals surface area (Å²) in [6, 6.07) is 13.5. The van der Waals surface area contributed by atoms with Gasteiger partial charge in [0.05, 0.1) is 11.1 Å². The Hall–Kier alpha value is -3.12. The third-order valence-corrected chi connectivity index (χ3v) is 5.18. The topological polar surface area (TPSA) is 40.8 Å². The van der Waals surface area contributed by atoms with Crippen LogP contribution in [0.25, 0.3) is 33.2 Å². The SMILES string of the molecule is [2H]c1cc(C([2H])([2H])C(C)(C)C)cc(-c2c(C)ccc3c2oc2ccc(C)c(C#N)c23)[n+]1C. The molecular formula is C26H27N2O+. The fourth-order valence-corrected chi connectivity index (χ4v) is 3.86. The smallest absolute Gasteiger partial charge is 0.216 e. The molecule has 2 aromatic carbocycles. The van der Waals surface area contributed by atoms with E-state index in [2.05, 4.69) is 6.07 Å². The summed E-state index contributed by atoms with van der Waals surface area (Å²) in [7, 11) is 1.81. The van der Waals surface area contributed by atoms with Crippen LogP contribution in [0.4, 0.5) is 0 Å². The van der Waals surface area contributed by atoms with Crippen LogP contribution < -0.4 is 4.57 Å². The minimum atomic E-state index is -1.63. The molecule has 0 aliphatic heterocycles. The highest BCUT2D eigenvalue weighted by atomic mass is 16.3. The molecule has 0 aliphatic carbocycles. The van der Waals surface area contributed by atoms with Crippen LogP contribution in [0.5, 0.6) is 0 Å². The Morgan fingerprint density at radius 3 is 2.55 bits per heavy atom. The van der Waals surface area contributed by atoms with Gasteiger partial charge in [0.15, 0.2) is 6.17 Å². The molecule has 0 bridgehead atoms. The second kappa shape index (κ2) is 6.74. The Bertz CT molecular complexity index is 1440. The van der Waals surface area contributed by atoms with E-state index >= 15 is 0 Å². The van der Waals surface area contributed by atoms with E-state index < -0.39 is 11.8 Å². The molecule has 0 radical (unpaired) electrons. The Kier molecular flexibility index (Phi) is 3.66. The number of pyridine rings is 1. The predicted molar refractivity (Wildman–Crippen MR) is 118 cm³/mol. The Balaban J connectivity index is 2.12. The molecule has 146 valence electrons. The van der Waals surface area contributed by atoms with Crippen LogP contribution in [0.15, 0.2) is 47.0 Å². The number of aromatic nitrogens is 1. The first kappa shape index (κ1) is 15.8. The summed E-state index contributed by atoms with van der Waals surface area (Å²) in [5, 5.41) is 11.4. The van der Waals surface area contributed by atoms with Gasteiger partial charge in [-0.2, -0.15) is 5.26 Å². The summed E-state index contributed by atoms with van der Waals surface area (Å²) >= 11 is 0. The van der Waals surface area contributed by atoms with Gasteiger partial charge in [0.25, 0.3) is 0 Å². The number of nitrogens with zero attached hydrogens (tertiary/aromatic N) is 2. The van der Waals surface area contributed by atoms with Crippen LogP contribution in [0.2, 0.25) is 0 Å². The first-order chi connectivity index (χ1) is 14.9. The quantitative estimate of drug-likeness (QED) is 0.387. The average Bonchev–Trinajstić information content (AvgIpc) is 3.08. The van der Waals surface area contributed by atoms with Crippen molar-refractivity contribution in [3.8, 4) is 17.3 Å². The minimum Gasteiger partial charge on any atom is -0.455 e. The fourth-order valence-electron chi connectivity index (χ4n) is 3.86. The first-order valence-corrected chi connectivity index (χ1v) is 9.75. The predicted octanol–water partition coefficient (Wildman–Crippen LogP) is 6.15. The molecule has 0 saturated heterocycles. The van der Waals surface area contributed by atoms with Crippen molar-refractivity contribution in [3.05, 3.63) is 64.8 Å². The van der Waals surface area contributed by atoms with E-state index in [-0.39, 0.29) is 6.17 Å². The maximum atomic E-state index is 9.76. The number of fused-ring (bicyclic) bond motifs is 3. The molecule has 0 saturated carbocycles. The van der Waals surface area contributed by atoms with Crippen LogP contribution in [-0.2, 0) is 13.4 Å². The van der Waals surface area contributed by atoms with Crippen LogP contribution in [-0.4, -0.2) is 0 Å². The Morgan fingerprint density at radius 1 is 1.14 bits per heavy atom. The van der Waals surface area contributed by atoms with Gasteiger partial charge in [-0.1, -0.05) is 39.0 Å². The lowest BCUT2D eigenvalue weighted by atomic mass is 9.87. The number of furan rings is 1. The van der Waals surface area contributed by atoms with Crippen molar-refractivity contribution in [2.24, 2.45) is 12.5 Å². The molecule has 0 atom stereocenters. The fraction of sp³-hybridized carbons (Fsp3) is 0.308. The molecule has 2 aromatic heterocycles. The van der Waals surface area contributed by atoms with Crippen molar-refractivity contribution >= 4 is 21.9 Å². The summed E-state index contributed by atoms with van der Waals surface area (Å²) in [4.78, 5) is 0. The van der Waals surface area contributed by atoms with Crippen LogP contribution in [0, 0.1) is 30.6 Å². The van der Waals surface area contributed by atoms with Crippen LogP contribution >= 0.6 is 0 Å². The molecular weight excluding hydrogens is 356 g/mol. The maximum Gasteiger partial charge on any atom is 0.216 e. The summed E-state index contributed by atoms with van der Waals surface area (Å²) in [6.07, 6.45) is -1.42. The first-order valence-electron chi connectivity index (χ1n) is 11.3. The molecule has 0 amide bonds. The van der Waals surface area contributed by atoms with E-state index in [1.165, 1.54) is 0 Å². The van der Waals surface area contributed by atoms with E-state index in [4.69, 9.17) is 8.53 Å². The van der Waals surface area contributed by atoms with Crippen LogP contribution in [0.1, 0.15) is 47.1 Å². The van der Waals surface area contributed by atoms with Gasteiger partial charge in [0, 0.05) is 25.6 Å². The standard InChI is InChI=1S/C26H27N2O/c1-16-8-10-22-24(20(16)15-27)19-9-7-17(2)23(25(19)29-22)21-13-18(11-12-28(21)6)14-26(3,4)5/h7-13H,14H2,1-6H3/q+1/i12D,14D2. The molecule has 3 heteroatoms. The van der Waals surface area contributed by atoms with Gasteiger partial charge in [-0.3, -0.25) is 0 Å². The zero-order valence-electron chi connectivity index (χ0n) is 20.8. The molecule has 0 spiro atoms. The zero-order valence-corrected chi connectivity index (χ0v) is 17.8. The summed E-state index contributed by atoms with van der Waals surface area (Å²) in [5.74, 6) is 0. The molecule has 3 nitrogen and oxygen atoms in total. The van der Waals surface area contributed by atoms with Crippen molar-refractivity contribution in [3.63, 3.8) is 0 Å². The molecule has 0 aliphatic rings. The molecule has 0 fully saturated rings. The molecule has 4 rings (SSSR count). The van der Waals surface area contributed by atoms with E-state index in [0.717, 1.165) is 27.5 Å². The lowest BCUT2D eigenvalue weighted by Gasteiger charge is -2.18. The number of aryl methyl sites for hydroxylation is 2. The highest BCUT2D eigenvalue weighted by molar-refractivity contribution is 6.12. The maximum absolute atomic E-state index is 9.76. The minimum absolute atomic E-state index is 0.215. The van der Waals surface area contributed by atoms with E-state index in [0.29, 0.717) is 28.0 Å². The van der Waals surface area contributed by atoms with Crippen molar-refractivity contribution in [2.75, 3.05) is 0 Å². The monoisotopic (exact) mass is 386 g/mol. The Morgan fingerprint density at radius 2 is 1.86 bits per heavy atom. The molecule has 0 unspecified atom stereocenters. The van der Waals surface area contributed by atoms with Crippen molar-refractivity contribution in [1.29, 1.82) is 5.26 Å². The Labute approximate surface area is 176 Å². The second-order valence-electron chi connectivity index (χ2n) is 8.67. The van der Waals surface area contributed by atoms with Gasteiger partial charge < -0.3 is 4.42 Å². The lowest BCUT2D eigenvalue weighted by Crippen LogP contribution is -2.31. The average molecular weight is 387 g/mol. The number of hydrogen-bond donors (Lipinski definition) is 0. The van der Waals surface area contributed by atoms with Gasteiger partial charge in [-0.15, -0.1) is 0 Å². The lowest BCUT2D eigenvalue weighted by molar-refractivity contribution is -0.660. The molecule has 29 heavy (non-hydrogen) atoms. The summed E-state index contributed by atoms with van der Waals surface area (Å²) in [6.45, 7) is 9.48. The highest BCUT2D eigenvalue weighted by Gasteiger charge is 2.23. The number of hydrogen-bond acceptors (Lipinski definition) is 2. The van der Waals surface area contributed by atoms with E-state index in [9.17, 15) is 5.26 Å². The third-order valence-electron chi connectivity index (χ3n) is 5.18. The largest absolute Gasteiger partial charge is 0.455 e. The van der Waals surface area contributed by atoms with Crippen LogP contribution in [0.3, 0.4) is 0 Å². The van der Waals surface area contributed by atoms with Gasteiger partial charge in [-0.05, 0) is 48.4 Å². The zero-order chi connectivity index (χ0) is 23.6. The van der Waals surface area contributed by atoms with Gasteiger partial charge >= 0.3 is 0 Å². The van der Waals surface area contributed by atoms with E-state index in [1.807, 2.05) is 65.0 Å². The molecule has 0 N–H and O–H groups in total. The molecule has 4 aromatic rings. The van der Waals surface area contributed by atoms with Crippen molar-refractivity contribution in [1.82, 2.24) is 0 Å². The number of nitriles is 1. The number of benzene rings is 2.